The van der Waals surface area contributed by atoms with Crippen LogP contribution in [0.5, 0.6) is 5.75 Å². The Morgan fingerprint density at radius 1 is 1.30 bits per heavy atom. The zero-order valence-corrected chi connectivity index (χ0v) is 13.4. The third-order valence-corrected chi connectivity index (χ3v) is 3.04. The summed E-state index contributed by atoms with van der Waals surface area (Å²) >= 11 is 0. The standard InChI is InChI=1S/C17H22O6/c1-4-5-10-22-17(20)13-8-6-7-9-14(13)23-16(19)12(2)11-15(18)21-3/h6-9,17,20H,2,4-5,10-11H2,1,3H3. The number of carbonyl (C=O) groups excluding carboxylic acids is 2. The highest BCUT2D eigenvalue weighted by Gasteiger charge is 2.19. The van der Waals surface area contributed by atoms with Gasteiger partial charge in [-0.2, -0.15) is 0 Å². The summed E-state index contributed by atoms with van der Waals surface area (Å²) in [5.41, 5.74) is 0.302. The van der Waals surface area contributed by atoms with Gasteiger partial charge in [0.1, 0.15) is 5.75 Å². The van der Waals surface area contributed by atoms with Gasteiger partial charge in [0.2, 0.25) is 0 Å². The maximum atomic E-state index is 11.9. The van der Waals surface area contributed by atoms with Crippen LogP contribution in [0.4, 0.5) is 0 Å². The fraction of sp³-hybridized carbons (Fsp3) is 0.412. The molecule has 0 fully saturated rings. The van der Waals surface area contributed by atoms with E-state index in [1.165, 1.54) is 13.2 Å². The molecule has 6 heteroatoms. The molecule has 1 N–H and O–H groups in total. The van der Waals surface area contributed by atoms with Crippen molar-refractivity contribution in [2.75, 3.05) is 13.7 Å². The molecule has 0 aliphatic heterocycles. The molecule has 0 heterocycles. The summed E-state index contributed by atoms with van der Waals surface area (Å²) in [5.74, 6) is -1.18. The van der Waals surface area contributed by atoms with Crippen molar-refractivity contribution in [3.05, 3.63) is 42.0 Å². The summed E-state index contributed by atoms with van der Waals surface area (Å²) in [5, 5.41) is 10.1. The summed E-state index contributed by atoms with van der Waals surface area (Å²) in [6.45, 7) is 5.91. The fourth-order valence-electron chi connectivity index (χ4n) is 1.70. The monoisotopic (exact) mass is 322 g/mol. The minimum absolute atomic E-state index is 0.0342. The molecule has 0 aliphatic carbocycles. The lowest BCUT2D eigenvalue weighted by Gasteiger charge is -2.16. The molecule has 0 bridgehead atoms. The largest absolute Gasteiger partial charge is 0.469 e. The van der Waals surface area contributed by atoms with Gasteiger partial charge in [0.05, 0.1) is 25.7 Å². The number of hydrogen-bond donors (Lipinski definition) is 1. The van der Waals surface area contributed by atoms with Gasteiger partial charge >= 0.3 is 11.9 Å². The average molecular weight is 322 g/mol. The summed E-state index contributed by atoms with van der Waals surface area (Å²) < 4.78 is 15.0. The molecule has 23 heavy (non-hydrogen) atoms. The fourth-order valence-corrected chi connectivity index (χ4v) is 1.70. The average Bonchev–Trinajstić information content (AvgIpc) is 2.55. The van der Waals surface area contributed by atoms with Gasteiger partial charge in [-0.15, -0.1) is 0 Å². The molecule has 0 spiro atoms. The van der Waals surface area contributed by atoms with Gasteiger partial charge in [0.25, 0.3) is 0 Å². The highest BCUT2D eigenvalue weighted by Crippen LogP contribution is 2.26. The Kier molecular flexibility index (Phi) is 8.01. The SMILES string of the molecule is C=C(CC(=O)OC)C(=O)Oc1ccccc1C(O)OCCCC. The van der Waals surface area contributed by atoms with Gasteiger partial charge in [0.15, 0.2) is 6.29 Å². The third-order valence-electron chi connectivity index (χ3n) is 3.04. The highest BCUT2D eigenvalue weighted by molar-refractivity contribution is 5.94. The second-order valence-corrected chi connectivity index (χ2v) is 4.86. The molecule has 1 aromatic rings. The Morgan fingerprint density at radius 3 is 2.65 bits per heavy atom. The Bertz CT molecular complexity index is 552. The molecule has 6 nitrogen and oxygen atoms in total. The maximum Gasteiger partial charge on any atom is 0.339 e. The predicted molar refractivity (Wildman–Crippen MR) is 83.7 cm³/mol. The van der Waals surface area contributed by atoms with E-state index in [2.05, 4.69) is 11.3 Å². The van der Waals surface area contributed by atoms with E-state index in [9.17, 15) is 14.7 Å². The second kappa shape index (κ2) is 9.76. The first-order valence-electron chi connectivity index (χ1n) is 7.35. The van der Waals surface area contributed by atoms with E-state index < -0.39 is 18.2 Å². The summed E-state index contributed by atoms with van der Waals surface area (Å²) in [4.78, 5) is 23.1. The van der Waals surface area contributed by atoms with Crippen LogP contribution in [-0.2, 0) is 19.1 Å². The van der Waals surface area contributed by atoms with E-state index in [1.807, 2.05) is 6.92 Å². The van der Waals surface area contributed by atoms with Gasteiger partial charge < -0.3 is 19.3 Å². The smallest absolute Gasteiger partial charge is 0.339 e. The summed E-state index contributed by atoms with van der Waals surface area (Å²) in [6, 6.07) is 6.49. The first kappa shape index (κ1) is 18.9. The van der Waals surface area contributed by atoms with Crippen LogP contribution in [0.3, 0.4) is 0 Å². The normalized spacial score (nSPS) is 11.6. The third kappa shape index (κ3) is 6.22. The number of aliphatic hydroxyl groups is 1. The van der Waals surface area contributed by atoms with Crippen molar-refractivity contribution in [2.45, 2.75) is 32.5 Å². The molecule has 1 aromatic carbocycles. The molecular weight excluding hydrogens is 300 g/mol. The van der Waals surface area contributed by atoms with E-state index in [0.29, 0.717) is 12.2 Å². The van der Waals surface area contributed by atoms with Crippen molar-refractivity contribution in [3.8, 4) is 5.75 Å². The number of methoxy groups -OCH3 is 1. The van der Waals surface area contributed by atoms with Gasteiger partial charge in [-0.25, -0.2) is 4.79 Å². The minimum atomic E-state index is -1.19. The van der Waals surface area contributed by atoms with Crippen LogP contribution in [0.2, 0.25) is 0 Å². The molecule has 0 aliphatic rings. The Morgan fingerprint density at radius 2 is 2.00 bits per heavy atom. The van der Waals surface area contributed by atoms with Crippen LogP contribution >= 0.6 is 0 Å². The van der Waals surface area contributed by atoms with Crippen molar-refractivity contribution in [3.63, 3.8) is 0 Å². The van der Waals surface area contributed by atoms with Gasteiger partial charge in [-0.05, 0) is 12.5 Å². The maximum absolute atomic E-state index is 11.9. The molecule has 0 aromatic heterocycles. The number of aliphatic hydroxyl groups excluding tert-OH is 1. The number of esters is 2. The molecule has 0 saturated carbocycles. The minimum Gasteiger partial charge on any atom is -0.469 e. The number of para-hydroxylation sites is 1. The number of hydrogen-bond acceptors (Lipinski definition) is 6. The molecule has 126 valence electrons. The zero-order chi connectivity index (χ0) is 17.2. The van der Waals surface area contributed by atoms with E-state index in [1.54, 1.807) is 18.2 Å². The first-order valence-corrected chi connectivity index (χ1v) is 7.35. The molecule has 0 saturated heterocycles. The Hall–Kier alpha value is -2.18. The van der Waals surface area contributed by atoms with Crippen LogP contribution in [0.1, 0.15) is 38.0 Å². The van der Waals surface area contributed by atoms with Crippen molar-refractivity contribution >= 4 is 11.9 Å². The van der Waals surface area contributed by atoms with Crippen LogP contribution in [0.15, 0.2) is 36.4 Å². The molecule has 0 radical (unpaired) electrons. The van der Waals surface area contributed by atoms with E-state index >= 15 is 0 Å². The quantitative estimate of drug-likeness (QED) is 0.247. The first-order chi connectivity index (χ1) is 11.0. The summed E-state index contributed by atoms with van der Waals surface area (Å²) in [7, 11) is 1.22. The number of ether oxygens (including phenoxy) is 3. The Balaban J connectivity index is 2.74. The number of benzene rings is 1. The summed E-state index contributed by atoms with van der Waals surface area (Å²) in [6.07, 6.45) is 0.304. The van der Waals surface area contributed by atoms with Crippen molar-refractivity contribution in [1.29, 1.82) is 0 Å². The Labute approximate surface area is 135 Å². The van der Waals surface area contributed by atoms with Crippen LogP contribution in [-0.4, -0.2) is 30.8 Å². The number of carbonyl (C=O) groups is 2. The lowest BCUT2D eigenvalue weighted by molar-refractivity contribution is -0.141. The van der Waals surface area contributed by atoms with Crippen molar-refractivity contribution in [1.82, 2.24) is 0 Å². The predicted octanol–water partition coefficient (Wildman–Crippen LogP) is 2.52. The van der Waals surface area contributed by atoms with Gasteiger partial charge in [-0.3, -0.25) is 4.79 Å². The van der Waals surface area contributed by atoms with Gasteiger partial charge in [0, 0.05) is 5.57 Å². The molecular formula is C17H22O6. The van der Waals surface area contributed by atoms with Gasteiger partial charge in [-0.1, -0.05) is 38.1 Å². The highest BCUT2D eigenvalue weighted by atomic mass is 16.6. The lowest BCUT2D eigenvalue weighted by Crippen LogP contribution is -2.16. The van der Waals surface area contributed by atoms with E-state index in [0.717, 1.165) is 12.8 Å². The van der Waals surface area contributed by atoms with Crippen molar-refractivity contribution in [2.24, 2.45) is 0 Å². The molecule has 1 unspecified atom stereocenters. The van der Waals surface area contributed by atoms with Crippen molar-refractivity contribution < 1.29 is 28.9 Å². The van der Waals surface area contributed by atoms with Crippen LogP contribution < -0.4 is 4.74 Å². The van der Waals surface area contributed by atoms with Crippen LogP contribution in [0, 0.1) is 0 Å². The zero-order valence-electron chi connectivity index (χ0n) is 13.4. The number of rotatable bonds is 9. The number of unbranched alkanes of at least 4 members (excludes halogenated alkanes) is 1. The van der Waals surface area contributed by atoms with E-state index in [4.69, 9.17) is 9.47 Å². The van der Waals surface area contributed by atoms with Crippen LogP contribution in [0.25, 0.3) is 0 Å². The molecule has 0 amide bonds. The molecule has 1 rings (SSSR count). The molecule has 1 atom stereocenters. The second-order valence-electron chi connectivity index (χ2n) is 4.86. The lowest BCUT2D eigenvalue weighted by atomic mass is 10.2. The van der Waals surface area contributed by atoms with E-state index in [-0.39, 0.29) is 17.7 Å². The topological polar surface area (TPSA) is 82.1 Å².